The van der Waals surface area contributed by atoms with Crippen molar-refractivity contribution in [2.75, 3.05) is 32.7 Å². The molecular weight excluding hydrogens is 270 g/mol. The van der Waals surface area contributed by atoms with Crippen molar-refractivity contribution >= 4 is 15.8 Å². The van der Waals surface area contributed by atoms with Crippen LogP contribution < -0.4 is 0 Å². The molecule has 108 valence electrons. The van der Waals surface area contributed by atoms with Gasteiger partial charge in [-0.05, 0) is 20.0 Å². The van der Waals surface area contributed by atoms with Crippen LogP contribution in [0, 0.1) is 6.92 Å². The number of esters is 1. The topological polar surface area (TPSA) is 76.8 Å². The fourth-order valence-electron chi connectivity index (χ4n) is 1.60. The first kappa shape index (κ1) is 15.7. The quantitative estimate of drug-likeness (QED) is 0.723. The van der Waals surface area contributed by atoms with Gasteiger partial charge in [0.1, 0.15) is 26.9 Å². The zero-order valence-electron chi connectivity index (χ0n) is 11.6. The molecule has 1 aromatic heterocycles. The lowest BCUT2D eigenvalue weighted by Crippen LogP contribution is -2.24. The van der Waals surface area contributed by atoms with Crippen LogP contribution in [0.15, 0.2) is 10.5 Å². The lowest BCUT2D eigenvalue weighted by molar-refractivity contribution is 0.0599. The molecule has 0 fully saturated rings. The highest BCUT2D eigenvalue weighted by molar-refractivity contribution is 7.90. The van der Waals surface area contributed by atoms with Gasteiger partial charge in [-0.2, -0.15) is 0 Å². The number of methoxy groups -OCH3 is 1. The van der Waals surface area contributed by atoms with Crippen molar-refractivity contribution in [2.24, 2.45) is 0 Å². The van der Waals surface area contributed by atoms with Crippen LogP contribution in [0.25, 0.3) is 0 Å². The van der Waals surface area contributed by atoms with Crippen molar-refractivity contribution in [1.29, 1.82) is 0 Å². The van der Waals surface area contributed by atoms with Crippen molar-refractivity contribution in [3.05, 3.63) is 23.2 Å². The van der Waals surface area contributed by atoms with Crippen LogP contribution in [-0.2, 0) is 21.1 Å². The number of ether oxygens (including phenoxy) is 1. The van der Waals surface area contributed by atoms with E-state index in [0.717, 1.165) is 0 Å². The van der Waals surface area contributed by atoms with Crippen LogP contribution in [0.5, 0.6) is 0 Å². The molecule has 0 saturated heterocycles. The highest BCUT2D eigenvalue weighted by atomic mass is 32.2. The summed E-state index contributed by atoms with van der Waals surface area (Å²) in [7, 11) is 0.126. The monoisotopic (exact) mass is 289 g/mol. The summed E-state index contributed by atoms with van der Waals surface area (Å²) in [6.07, 6.45) is 1.20. The van der Waals surface area contributed by atoms with Crippen LogP contribution in [-0.4, -0.2) is 52.0 Å². The van der Waals surface area contributed by atoms with Gasteiger partial charge in [0.05, 0.1) is 19.4 Å². The van der Waals surface area contributed by atoms with Gasteiger partial charge in [-0.3, -0.25) is 4.90 Å². The molecule has 0 bridgehead atoms. The van der Waals surface area contributed by atoms with Crippen LogP contribution in [0.3, 0.4) is 0 Å². The van der Waals surface area contributed by atoms with Crippen LogP contribution in [0.1, 0.15) is 21.9 Å². The molecule has 0 aliphatic heterocycles. The highest BCUT2D eigenvalue weighted by Gasteiger charge is 2.16. The van der Waals surface area contributed by atoms with Crippen molar-refractivity contribution < 1.29 is 22.4 Å². The predicted octanol–water partition coefficient (Wildman–Crippen LogP) is 0.851. The van der Waals surface area contributed by atoms with Gasteiger partial charge in [0.2, 0.25) is 0 Å². The van der Waals surface area contributed by atoms with E-state index in [4.69, 9.17) is 4.42 Å². The molecule has 0 aliphatic rings. The molecule has 0 spiro atoms. The number of nitrogens with zero attached hydrogens (tertiary/aromatic N) is 1. The van der Waals surface area contributed by atoms with Crippen molar-refractivity contribution in [1.82, 2.24) is 4.90 Å². The van der Waals surface area contributed by atoms with Crippen molar-refractivity contribution in [3.8, 4) is 0 Å². The molecule has 0 amide bonds. The minimum absolute atomic E-state index is 0.0903. The Morgan fingerprint density at radius 1 is 1.47 bits per heavy atom. The molecule has 0 saturated carbocycles. The lowest BCUT2D eigenvalue weighted by Gasteiger charge is -2.13. The summed E-state index contributed by atoms with van der Waals surface area (Å²) >= 11 is 0. The zero-order valence-corrected chi connectivity index (χ0v) is 12.4. The number of carbonyl (C=O) groups excluding carboxylic acids is 1. The molecule has 1 rings (SSSR count). The summed E-state index contributed by atoms with van der Waals surface area (Å²) in [6, 6.07) is 1.62. The first-order valence-corrected chi connectivity index (χ1v) is 7.83. The maximum atomic E-state index is 11.4. The predicted molar refractivity (Wildman–Crippen MR) is 70.8 cm³/mol. The number of furan rings is 1. The number of sulfone groups is 1. The molecule has 6 nitrogen and oxygen atoms in total. The van der Waals surface area contributed by atoms with Gasteiger partial charge in [-0.1, -0.05) is 0 Å². The molecule has 0 aliphatic carbocycles. The number of aryl methyl sites for hydroxylation is 1. The van der Waals surface area contributed by atoms with E-state index < -0.39 is 15.8 Å². The minimum Gasteiger partial charge on any atom is -0.465 e. The molecule has 0 aromatic carbocycles. The molecule has 1 heterocycles. The van der Waals surface area contributed by atoms with Gasteiger partial charge < -0.3 is 9.15 Å². The maximum absolute atomic E-state index is 11.4. The van der Waals surface area contributed by atoms with Crippen LogP contribution in [0.4, 0.5) is 0 Å². The standard InChI is InChI=1S/C12H19NO5S/c1-9-11(12(14)17-3)7-10(18-9)8-13(2)5-6-19(4,15)16/h7H,5-6,8H2,1-4H3. The molecule has 0 radical (unpaired) electrons. The Bertz CT molecular complexity index is 546. The average molecular weight is 289 g/mol. The van der Waals surface area contributed by atoms with E-state index in [9.17, 15) is 13.2 Å². The lowest BCUT2D eigenvalue weighted by atomic mass is 10.2. The number of hydrogen-bond donors (Lipinski definition) is 0. The van der Waals surface area contributed by atoms with E-state index in [1.54, 1.807) is 20.0 Å². The molecular formula is C12H19NO5S. The van der Waals surface area contributed by atoms with E-state index >= 15 is 0 Å². The van der Waals surface area contributed by atoms with Gasteiger partial charge in [-0.25, -0.2) is 13.2 Å². The fourth-order valence-corrected chi connectivity index (χ4v) is 2.24. The number of hydrogen-bond acceptors (Lipinski definition) is 6. The van der Waals surface area contributed by atoms with Gasteiger partial charge in [0.15, 0.2) is 0 Å². The van der Waals surface area contributed by atoms with Crippen LogP contribution in [0.2, 0.25) is 0 Å². The Labute approximate surface area is 113 Å². The second-order valence-electron chi connectivity index (χ2n) is 4.54. The van der Waals surface area contributed by atoms with E-state index in [1.807, 2.05) is 4.90 Å². The molecule has 0 N–H and O–H groups in total. The second-order valence-corrected chi connectivity index (χ2v) is 6.80. The van der Waals surface area contributed by atoms with Gasteiger partial charge in [0, 0.05) is 12.8 Å². The third-order valence-corrected chi connectivity index (χ3v) is 3.57. The first-order chi connectivity index (χ1) is 8.73. The molecule has 0 unspecified atom stereocenters. The molecule has 19 heavy (non-hydrogen) atoms. The third-order valence-electron chi connectivity index (χ3n) is 2.64. The first-order valence-electron chi connectivity index (χ1n) is 5.77. The summed E-state index contributed by atoms with van der Waals surface area (Å²) in [5.74, 6) is 0.756. The minimum atomic E-state index is -2.98. The van der Waals surface area contributed by atoms with Gasteiger partial charge >= 0.3 is 5.97 Å². The highest BCUT2D eigenvalue weighted by Crippen LogP contribution is 2.16. The summed E-state index contributed by atoms with van der Waals surface area (Å²) < 4.78 is 32.2. The van der Waals surface area contributed by atoms with Crippen molar-refractivity contribution in [3.63, 3.8) is 0 Å². The fraction of sp³-hybridized carbons (Fsp3) is 0.583. The van der Waals surface area contributed by atoms with Crippen molar-refractivity contribution in [2.45, 2.75) is 13.5 Å². The Hall–Kier alpha value is -1.34. The smallest absolute Gasteiger partial charge is 0.341 e. The average Bonchev–Trinajstić information content (AvgIpc) is 2.65. The Morgan fingerprint density at radius 3 is 2.63 bits per heavy atom. The summed E-state index contributed by atoms with van der Waals surface area (Å²) in [6.45, 7) is 2.53. The Kier molecular flexibility index (Phi) is 5.13. The largest absolute Gasteiger partial charge is 0.465 e. The second kappa shape index (κ2) is 6.21. The zero-order chi connectivity index (χ0) is 14.6. The maximum Gasteiger partial charge on any atom is 0.341 e. The normalized spacial score (nSPS) is 11.8. The Morgan fingerprint density at radius 2 is 2.11 bits per heavy atom. The third kappa shape index (κ3) is 5.04. The molecule has 0 atom stereocenters. The van der Waals surface area contributed by atoms with Gasteiger partial charge in [0.25, 0.3) is 0 Å². The van der Waals surface area contributed by atoms with E-state index in [1.165, 1.54) is 13.4 Å². The summed E-state index contributed by atoms with van der Waals surface area (Å²) in [4.78, 5) is 13.2. The summed E-state index contributed by atoms with van der Waals surface area (Å²) in [5, 5.41) is 0. The van der Waals surface area contributed by atoms with E-state index in [0.29, 0.717) is 30.2 Å². The SMILES string of the molecule is COC(=O)c1cc(CN(C)CCS(C)(=O)=O)oc1C. The number of carbonyl (C=O) groups is 1. The van der Waals surface area contributed by atoms with Crippen LogP contribution >= 0.6 is 0 Å². The van der Waals surface area contributed by atoms with E-state index in [2.05, 4.69) is 4.74 Å². The molecule has 1 aromatic rings. The Balaban J connectivity index is 2.65. The number of rotatable bonds is 6. The van der Waals surface area contributed by atoms with Gasteiger partial charge in [-0.15, -0.1) is 0 Å². The van der Waals surface area contributed by atoms with E-state index in [-0.39, 0.29) is 5.75 Å². The molecule has 7 heteroatoms. The summed E-state index contributed by atoms with van der Waals surface area (Å²) in [5.41, 5.74) is 0.397.